The molecule has 0 aliphatic carbocycles. The molecular formula is C18H25FN2. The highest BCUT2D eigenvalue weighted by Gasteiger charge is 1.99. The van der Waals surface area contributed by atoms with Gasteiger partial charge in [0.2, 0.25) is 0 Å². The van der Waals surface area contributed by atoms with Gasteiger partial charge in [-0.2, -0.15) is 0 Å². The van der Waals surface area contributed by atoms with Crippen molar-refractivity contribution in [2.45, 2.75) is 57.8 Å². The van der Waals surface area contributed by atoms with Crippen LogP contribution in [0, 0.1) is 0 Å². The zero-order valence-corrected chi connectivity index (χ0v) is 12.7. The van der Waals surface area contributed by atoms with Gasteiger partial charge in [0, 0.05) is 17.3 Å². The van der Waals surface area contributed by atoms with E-state index in [0.717, 1.165) is 36.0 Å². The maximum Gasteiger partial charge on any atom is 0.159 e. The molecule has 2 aromatic heterocycles. The predicted octanol–water partition coefficient (Wildman–Crippen LogP) is 5.26. The summed E-state index contributed by atoms with van der Waals surface area (Å²) in [5.74, 6) is 0. The molecule has 114 valence electrons. The molecule has 0 amide bonds. The van der Waals surface area contributed by atoms with Gasteiger partial charge in [-0.05, 0) is 43.5 Å². The first-order valence-corrected chi connectivity index (χ1v) is 8.17. The third-order valence-electron chi connectivity index (χ3n) is 3.84. The number of unbranched alkanes of at least 4 members (excludes halogenated alkanes) is 7. The maximum atomic E-state index is 11.9. The molecular weight excluding hydrogens is 263 g/mol. The molecule has 21 heavy (non-hydrogen) atoms. The Bertz CT molecular complexity index is 527. The lowest BCUT2D eigenvalue weighted by molar-refractivity contribution is 0.449. The van der Waals surface area contributed by atoms with E-state index >= 15 is 0 Å². The molecule has 0 spiro atoms. The van der Waals surface area contributed by atoms with Gasteiger partial charge in [0.1, 0.15) is 0 Å². The Morgan fingerprint density at radius 1 is 0.810 bits per heavy atom. The SMILES string of the molecule is FCCCCCCCCCCc1ccc2cccnc2n1. The lowest BCUT2D eigenvalue weighted by Crippen LogP contribution is -1.92. The molecule has 0 aliphatic heterocycles. The zero-order chi connectivity index (χ0) is 14.8. The summed E-state index contributed by atoms with van der Waals surface area (Å²) in [5, 5.41) is 1.11. The monoisotopic (exact) mass is 288 g/mol. The van der Waals surface area contributed by atoms with E-state index in [-0.39, 0.29) is 6.67 Å². The molecule has 2 rings (SSSR count). The average molecular weight is 288 g/mol. The third kappa shape index (κ3) is 5.78. The number of nitrogens with zero attached hydrogens (tertiary/aromatic N) is 2. The van der Waals surface area contributed by atoms with E-state index in [2.05, 4.69) is 22.1 Å². The van der Waals surface area contributed by atoms with Crippen molar-refractivity contribution in [2.75, 3.05) is 6.67 Å². The topological polar surface area (TPSA) is 25.8 Å². The van der Waals surface area contributed by atoms with Crippen LogP contribution in [0.2, 0.25) is 0 Å². The quantitative estimate of drug-likeness (QED) is 0.557. The molecule has 0 radical (unpaired) electrons. The van der Waals surface area contributed by atoms with Crippen molar-refractivity contribution < 1.29 is 4.39 Å². The Morgan fingerprint density at radius 2 is 1.52 bits per heavy atom. The van der Waals surface area contributed by atoms with Crippen molar-refractivity contribution in [3.8, 4) is 0 Å². The largest absolute Gasteiger partial charge is 0.251 e. The molecule has 0 N–H and O–H groups in total. The molecule has 0 fully saturated rings. The van der Waals surface area contributed by atoms with Crippen molar-refractivity contribution in [2.24, 2.45) is 0 Å². The van der Waals surface area contributed by atoms with E-state index in [1.54, 1.807) is 6.20 Å². The summed E-state index contributed by atoms with van der Waals surface area (Å²) in [4.78, 5) is 8.89. The molecule has 0 atom stereocenters. The highest BCUT2D eigenvalue weighted by Crippen LogP contribution is 2.13. The Hall–Kier alpha value is -1.51. The number of aryl methyl sites for hydroxylation is 1. The van der Waals surface area contributed by atoms with Crippen LogP contribution in [-0.4, -0.2) is 16.6 Å². The number of aromatic nitrogens is 2. The Labute approximate surface area is 126 Å². The number of alkyl halides is 1. The molecule has 0 aromatic carbocycles. The highest BCUT2D eigenvalue weighted by atomic mass is 19.1. The second-order valence-corrected chi connectivity index (χ2v) is 5.62. The number of fused-ring (bicyclic) bond motifs is 1. The van der Waals surface area contributed by atoms with E-state index < -0.39 is 0 Å². The fourth-order valence-corrected chi connectivity index (χ4v) is 2.59. The van der Waals surface area contributed by atoms with Crippen LogP contribution >= 0.6 is 0 Å². The number of hydrogen-bond acceptors (Lipinski definition) is 2. The molecule has 0 bridgehead atoms. The van der Waals surface area contributed by atoms with Gasteiger partial charge in [-0.3, -0.25) is 4.39 Å². The van der Waals surface area contributed by atoms with Crippen LogP contribution in [0.3, 0.4) is 0 Å². The maximum absolute atomic E-state index is 11.9. The molecule has 3 heteroatoms. The van der Waals surface area contributed by atoms with Gasteiger partial charge in [0.25, 0.3) is 0 Å². The Kier molecular flexibility index (Phi) is 7.13. The number of halogens is 1. The van der Waals surface area contributed by atoms with Gasteiger partial charge >= 0.3 is 0 Å². The minimum absolute atomic E-state index is 0.159. The minimum atomic E-state index is -0.159. The predicted molar refractivity (Wildman–Crippen MR) is 86.2 cm³/mol. The van der Waals surface area contributed by atoms with E-state index in [0.29, 0.717) is 0 Å². The lowest BCUT2D eigenvalue weighted by atomic mass is 10.1. The zero-order valence-electron chi connectivity index (χ0n) is 12.7. The van der Waals surface area contributed by atoms with Crippen LogP contribution in [0.5, 0.6) is 0 Å². The lowest BCUT2D eigenvalue weighted by Gasteiger charge is -2.03. The number of rotatable bonds is 10. The fraction of sp³-hybridized carbons (Fsp3) is 0.556. The van der Waals surface area contributed by atoms with Crippen LogP contribution in [-0.2, 0) is 6.42 Å². The minimum Gasteiger partial charge on any atom is -0.251 e. The summed E-state index contributed by atoms with van der Waals surface area (Å²) in [7, 11) is 0. The summed E-state index contributed by atoms with van der Waals surface area (Å²) < 4.78 is 11.9. The molecule has 0 saturated carbocycles. The van der Waals surface area contributed by atoms with Gasteiger partial charge in [0.15, 0.2) is 5.65 Å². The summed E-state index contributed by atoms with van der Waals surface area (Å²) in [5.41, 5.74) is 1.99. The highest BCUT2D eigenvalue weighted by molar-refractivity contribution is 5.74. The summed E-state index contributed by atoms with van der Waals surface area (Å²) in [6.07, 6.45) is 12.0. The second kappa shape index (κ2) is 9.43. The van der Waals surface area contributed by atoms with E-state index in [1.807, 2.05) is 12.1 Å². The average Bonchev–Trinajstić information content (AvgIpc) is 2.53. The van der Waals surface area contributed by atoms with Crippen LogP contribution in [0.15, 0.2) is 30.5 Å². The molecule has 0 unspecified atom stereocenters. The van der Waals surface area contributed by atoms with Crippen molar-refractivity contribution in [1.82, 2.24) is 9.97 Å². The summed E-state index contributed by atoms with van der Waals surface area (Å²) in [6, 6.07) is 8.20. The molecule has 2 nitrogen and oxygen atoms in total. The molecule has 2 heterocycles. The van der Waals surface area contributed by atoms with E-state index in [9.17, 15) is 4.39 Å². The van der Waals surface area contributed by atoms with Gasteiger partial charge < -0.3 is 0 Å². The van der Waals surface area contributed by atoms with Crippen LogP contribution in [0.4, 0.5) is 4.39 Å². The first kappa shape index (κ1) is 15.9. The first-order valence-electron chi connectivity index (χ1n) is 8.17. The number of hydrogen-bond donors (Lipinski definition) is 0. The second-order valence-electron chi connectivity index (χ2n) is 5.62. The van der Waals surface area contributed by atoms with Crippen molar-refractivity contribution >= 4 is 11.0 Å². The summed E-state index contributed by atoms with van der Waals surface area (Å²) >= 11 is 0. The third-order valence-corrected chi connectivity index (χ3v) is 3.84. The number of pyridine rings is 2. The van der Waals surface area contributed by atoms with Gasteiger partial charge in [-0.1, -0.05) is 38.5 Å². The Balaban J connectivity index is 1.59. The van der Waals surface area contributed by atoms with Crippen LogP contribution in [0.25, 0.3) is 11.0 Å². The van der Waals surface area contributed by atoms with E-state index in [4.69, 9.17) is 0 Å². The van der Waals surface area contributed by atoms with Gasteiger partial charge in [-0.15, -0.1) is 0 Å². The summed E-state index contributed by atoms with van der Waals surface area (Å²) in [6.45, 7) is -0.159. The molecule has 2 aromatic rings. The molecule has 0 aliphatic rings. The first-order chi connectivity index (χ1) is 10.4. The normalized spacial score (nSPS) is 11.1. The van der Waals surface area contributed by atoms with Crippen LogP contribution < -0.4 is 0 Å². The fourth-order valence-electron chi connectivity index (χ4n) is 2.59. The molecule has 0 saturated heterocycles. The van der Waals surface area contributed by atoms with E-state index in [1.165, 1.54) is 38.5 Å². The van der Waals surface area contributed by atoms with Crippen molar-refractivity contribution in [3.63, 3.8) is 0 Å². The standard InChI is InChI=1S/C18H25FN2/c19-14-8-6-4-2-1-3-5-7-11-17-13-12-16-10-9-15-20-18(16)21-17/h9-10,12-13,15H,1-8,11,14H2. The van der Waals surface area contributed by atoms with Gasteiger partial charge in [0.05, 0.1) is 6.67 Å². The Morgan fingerprint density at radius 3 is 2.29 bits per heavy atom. The van der Waals surface area contributed by atoms with Gasteiger partial charge in [-0.25, -0.2) is 9.97 Å². The van der Waals surface area contributed by atoms with Crippen LogP contribution in [0.1, 0.15) is 57.1 Å². The van der Waals surface area contributed by atoms with Crippen molar-refractivity contribution in [1.29, 1.82) is 0 Å². The van der Waals surface area contributed by atoms with Crippen molar-refractivity contribution in [3.05, 3.63) is 36.2 Å². The smallest absolute Gasteiger partial charge is 0.159 e.